The average molecular weight is 382 g/mol. The van der Waals surface area contributed by atoms with Gasteiger partial charge in [-0.3, -0.25) is 0 Å². The Hall–Kier alpha value is -3.28. The van der Waals surface area contributed by atoms with Gasteiger partial charge in [-0.15, -0.1) is 0 Å². The molecular weight excluding hydrogens is 365 g/mol. The quantitative estimate of drug-likeness (QED) is 0.447. The number of hydrogen-bond donors (Lipinski definition) is 0. The summed E-state index contributed by atoms with van der Waals surface area (Å²) in [5.41, 5.74) is 2.11. The van der Waals surface area contributed by atoms with Crippen molar-refractivity contribution in [3.8, 4) is 17.1 Å². The number of rotatable bonds is 4. The molecule has 1 heterocycles. The molecule has 0 aliphatic carbocycles. The van der Waals surface area contributed by atoms with Gasteiger partial charge in [-0.25, -0.2) is 4.98 Å². The molecule has 0 spiro atoms. The predicted octanol–water partition coefficient (Wildman–Crippen LogP) is 5.78. The van der Waals surface area contributed by atoms with E-state index in [1.54, 1.807) is 7.11 Å². The third-order valence-corrected chi connectivity index (χ3v) is 4.61. The van der Waals surface area contributed by atoms with E-state index in [0.717, 1.165) is 23.3 Å². The molecule has 0 N–H and O–H groups in total. The number of fused-ring (bicyclic) bond motifs is 1. The maximum Gasteiger partial charge on any atom is 0.416 e. The summed E-state index contributed by atoms with van der Waals surface area (Å²) in [5, 5.41) is 0. The van der Waals surface area contributed by atoms with Crippen LogP contribution in [0.4, 0.5) is 13.2 Å². The lowest BCUT2D eigenvalue weighted by molar-refractivity contribution is -0.137. The first-order valence-corrected chi connectivity index (χ1v) is 8.71. The van der Waals surface area contributed by atoms with Crippen LogP contribution in [0.15, 0.2) is 72.8 Å². The van der Waals surface area contributed by atoms with Crippen LogP contribution in [0.5, 0.6) is 5.75 Å². The van der Waals surface area contributed by atoms with Crippen molar-refractivity contribution in [2.45, 2.75) is 12.7 Å². The third kappa shape index (κ3) is 3.45. The first-order chi connectivity index (χ1) is 13.5. The highest BCUT2D eigenvalue weighted by atomic mass is 19.4. The summed E-state index contributed by atoms with van der Waals surface area (Å²) in [6, 6.07) is 20.8. The Morgan fingerprint density at radius 1 is 0.929 bits per heavy atom. The number of aromatic nitrogens is 2. The van der Waals surface area contributed by atoms with Crippen LogP contribution in [0.3, 0.4) is 0 Å². The molecule has 1 aromatic heterocycles. The summed E-state index contributed by atoms with van der Waals surface area (Å²) in [5.74, 6) is 1.31. The molecule has 4 rings (SSSR count). The van der Waals surface area contributed by atoms with Gasteiger partial charge in [-0.1, -0.05) is 30.3 Å². The molecule has 3 aromatic carbocycles. The topological polar surface area (TPSA) is 27.1 Å². The normalized spacial score (nSPS) is 11.7. The van der Waals surface area contributed by atoms with E-state index >= 15 is 0 Å². The van der Waals surface area contributed by atoms with Crippen molar-refractivity contribution >= 4 is 11.0 Å². The largest absolute Gasteiger partial charge is 0.497 e. The minimum Gasteiger partial charge on any atom is -0.497 e. The van der Waals surface area contributed by atoms with Crippen molar-refractivity contribution in [3.63, 3.8) is 0 Å². The summed E-state index contributed by atoms with van der Waals surface area (Å²) < 4.78 is 46.5. The second-order valence-corrected chi connectivity index (χ2v) is 6.44. The molecule has 0 aliphatic rings. The zero-order valence-corrected chi connectivity index (χ0v) is 15.1. The smallest absolute Gasteiger partial charge is 0.416 e. The Bertz CT molecular complexity index is 1100. The molecule has 28 heavy (non-hydrogen) atoms. The molecule has 0 amide bonds. The van der Waals surface area contributed by atoms with Crippen LogP contribution in [-0.4, -0.2) is 16.7 Å². The highest BCUT2D eigenvalue weighted by Crippen LogP contribution is 2.33. The molecule has 0 atom stereocenters. The first kappa shape index (κ1) is 18.1. The van der Waals surface area contributed by atoms with E-state index < -0.39 is 11.7 Å². The lowest BCUT2D eigenvalue weighted by Gasteiger charge is -2.11. The maximum atomic E-state index is 13.1. The Morgan fingerprint density at radius 3 is 2.29 bits per heavy atom. The molecule has 3 nitrogen and oxygen atoms in total. The molecule has 4 aromatic rings. The van der Waals surface area contributed by atoms with Crippen molar-refractivity contribution in [3.05, 3.63) is 83.9 Å². The van der Waals surface area contributed by atoms with Crippen LogP contribution in [-0.2, 0) is 12.7 Å². The van der Waals surface area contributed by atoms with Gasteiger partial charge in [-0.05, 0) is 48.0 Å². The van der Waals surface area contributed by atoms with Crippen molar-refractivity contribution < 1.29 is 17.9 Å². The Morgan fingerprint density at radius 2 is 1.64 bits per heavy atom. The minimum atomic E-state index is -4.41. The zero-order valence-electron chi connectivity index (χ0n) is 15.1. The number of methoxy groups -OCH3 is 1. The monoisotopic (exact) mass is 382 g/mol. The van der Waals surface area contributed by atoms with E-state index in [4.69, 9.17) is 4.74 Å². The minimum absolute atomic E-state index is 0.316. The third-order valence-electron chi connectivity index (χ3n) is 4.61. The van der Waals surface area contributed by atoms with Crippen molar-refractivity contribution in [2.75, 3.05) is 7.11 Å². The highest BCUT2D eigenvalue weighted by Gasteiger charge is 2.31. The van der Waals surface area contributed by atoms with Crippen LogP contribution >= 0.6 is 0 Å². The van der Waals surface area contributed by atoms with E-state index in [-0.39, 0.29) is 0 Å². The van der Waals surface area contributed by atoms with Gasteiger partial charge >= 0.3 is 6.18 Å². The second kappa shape index (κ2) is 7.03. The molecular formula is C22H17F3N2O. The van der Waals surface area contributed by atoms with Gasteiger partial charge in [0, 0.05) is 12.1 Å². The van der Waals surface area contributed by atoms with Gasteiger partial charge in [0.15, 0.2) is 0 Å². The zero-order chi connectivity index (χ0) is 19.7. The average Bonchev–Trinajstić information content (AvgIpc) is 3.06. The van der Waals surface area contributed by atoms with Crippen LogP contribution in [0.1, 0.15) is 11.1 Å². The second-order valence-electron chi connectivity index (χ2n) is 6.44. The van der Waals surface area contributed by atoms with Crippen molar-refractivity contribution in [2.24, 2.45) is 0 Å². The molecule has 142 valence electrons. The standard InChI is InChI=1S/C22H17F3N2O/c1-28-18-10-7-16(8-11-18)21-26-19-13-17(22(23,24)25)9-12-20(19)27(21)14-15-5-3-2-4-6-15/h2-13H,14H2,1H3. The van der Waals surface area contributed by atoms with Gasteiger partial charge in [0.1, 0.15) is 11.6 Å². The van der Waals surface area contributed by atoms with Gasteiger partial charge in [0.2, 0.25) is 0 Å². The number of ether oxygens (including phenoxy) is 1. The number of hydrogen-bond acceptors (Lipinski definition) is 2. The lowest BCUT2D eigenvalue weighted by Crippen LogP contribution is -2.05. The van der Waals surface area contributed by atoms with E-state index in [1.807, 2.05) is 59.2 Å². The molecule has 0 unspecified atom stereocenters. The fourth-order valence-electron chi connectivity index (χ4n) is 3.19. The summed E-state index contributed by atoms with van der Waals surface area (Å²) in [6.45, 7) is 0.504. The molecule has 0 fully saturated rings. The molecule has 0 saturated carbocycles. The van der Waals surface area contributed by atoms with Gasteiger partial charge in [0.25, 0.3) is 0 Å². The number of halogens is 3. The Labute approximate surface area is 160 Å². The molecule has 0 saturated heterocycles. The van der Waals surface area contributed by atoms with E-state index in [0.29, 0.717) is 29.2 Å². The van der Waals surface area contributed by atoms with Crippen molar-refractivity contribution in [1.29, 1.82) is 0 Å². The van der Waals surface area contributed by atoms with Gasteiger partial charge < -0.3 is 9.30 Å². The van der Waals surface area contributed by atoms with Gasteiger partial charge in [-0.2, -0.15) is 13.2 Å². The van der Waals surface area contributed by atoms with E-state index in [2.05, 4.69) is 4.98 Å². The summed E-state index contributed by atoms with van der Waals surface area (Å²) >= 11 is 0. The fourth-order valence-corrected chi connectivity index (χ4v) is 3.19. The number of alkyl halides is 3. The van der Waals surface area contributed by atoms with Crippen LogP contribution in [0.25, 0.3) is 22.4 Å². The maximum absolute atomic E-state index is 13.1. The summed E-state index contributed by atoms with van der Waals surface area (Å²) in [4.78, 5) is 4.53. The van der Waals surface area contributed by atoms with E-state index in [1.165, 1.54) is 6.07 Å². The SMILES string of the molecule is COc1ccc(-c2nc3cc(C(F)(F)F)ccc3n2Cc2ccccc2)cc1. The van der Waals surface area contributed by atoms with Crippen LogP contribution < -0.4 is 4.74 Å². The van der Waals surface area contributed by atoms with Crippen LogP contribution in [0.2, 0.25) is 0 Å². The highest BCUT2D eigenvalue weighted by molar-refractivity contribution is 5.81. The predicted molar refractivity (Wildman–Crippen MR) is 102 cm³/mol. The number of benzene rings is 3. The number of imidazole rings is 1. The Kier molecular flexibility index (Phi) is 4.55. The molecule has 0 bridgehead atoms. The Balaban J connectivity index is 1.88. The molecule has 0 aliphatic heterocycles. The fraction of sp³-hybridized carbons (Fsp3) is 0.136. The van der Waals surface area contributed by atoms with E-state index in [9.17, 15) is 13.2 Å². The van der Waals surface area contributed by atoms with Crippen molar-refractivity contribution in [1.82, 2.24) is 9.55 Å². The summed E-state index contributed by atoms with van der Waals surface area (Å²) in [7, 11) is 1.58. The summed E-state index contributed by atoms with van der Waals surface area (Å²) in [6.07, 6.45) is -4.41. The lowest BCUT2D eigenvalue weighted by atomic mass is 10.1. The molecule has 6 heteroatoms. The number of nitrogens with zero attached hydrogens (tertiary/aromatic N) is 2. The molecule has 0 radical (unpaired) electrons. The first-order valence-electron chi connectivity index (χ1n) is 8.71. The van der Waals surface area contributed by atoms with Gasteiger partial charge in [0.05, 0.1) is 23.7 Å². The van der Waals surface area contributed by atoms with Crippen LogP contribution in [0, 0.1) is 0 Å².